The third-order valence-corrected chi connectivity index (χ3v) is 6.11. The van der Waals surface area contributed by atoms with Crippen molar-refractivity contribution in [1.82, 2.24) is 5.32 Å². The van der Waals surface area contributed by atoms with Gasteiger partial charge in [0.25, 0.3) is 0 Å². The molecule has 2 aliphatic carbocycles. The van der Waals surface area contributed by atoms with E-state index in [1.54, 1.807) is 0 Å². The highest BCUT2D eigenvalue weighted by atomic mass is 16.3. The second kappa shape index (κ2) is 6.11. The SMILES string of the molecule is NC(C1CCNCC1)C1C(O)CCC2CCCCC21. The lowest BCUT2D eigenvalue weighted by atomic mass is 9.60. The molecule has 1 saturated heterocycles. The highest BCUT2D eigenvalue weighted by molar-refractivity contribution is 4.96. The number of fused-ring (bicyclic) bond motifs is 1. The van der Waals surface area contributed by atoms with Crippen LogP contribution in [0.3, 0.4) is 0 Å². The van der Waals surface area contributed by atoms with Gasteiger partial charge in [0.05, 0.1) is 6.10 Å². The summed E-state index contributed by atoms with van der Waals surface area (Å²) < 4.78 is 0. The molecule has 4 N–H and O–H groups in total. The first kappa shape index (κ1) is 13.8. The van der Waals surface area contributed by atoms with Crippen molar-refractivity contribution in [2.75, 3.05) is 13.1 Å². The highest BCUT2D eigenvalue weighted by Crippen LogP contribution is 2.46. The van der Waals surface area contributed by atoms with Crippen LogP contribution in [0.1, 0.15) is 51.4 Å². The summed E-state index contributed by atoms with van der Waals surface area (Å²) in [5.41, 5.74) is 6.63. The molecule has 0 radical (unpaired) electrons. The molecule has 3 fully saturated rings. The molecule has 1 aliphatic heterocycles. The average Bonchev–Trinajstić information content (AvgIpc) is 2.47. The van der Waals surface area contributed by atoms with Crippen molar-refractivity contribution in [3.05, 3.63) is 0 Å². The summed E-state index contributed by atoms with van der Waals surface area (Å²) >= 11 is 0. The minimum absolute atomic E-state index is 0.135. The molecule has 0 bridgehead atoms. The fourth-order valence-corrected chi connectivity index (χ4v) is 5.05. The number of hydrogen-bond donors (Lipinski definition) is 3. The fraction of sp³-hybridized carbons (Fsp3) is 1.00. The van der Waals surface area contributed by atoms with Crippen LogP contribution in [-0.2, 0) is 0 Å². The molecular weight excluding hydrogens is 236 g/mol. The van der Waals surface area contributed by atoms with Gasteiger partial charge in [-0.15, -0.1) is 0 Å². The predicted octanol–water partition coefficient (Wildman–Crippen LogP) is 1.89. The van der Waals surface area contributed by atoms with E-state index in [1.165, 1.54) is 44.9 Å². The van der Waals surface area contributed by atoms with Gasteiger partial charge in [-0.05, 0) is 62.9 Å². The summed E-state index contributed by atoms with van der Waals surface area (Å²) in [5, 5.41) is 13.9. The van der Waals surface area contributed by atoms with Crippen molar-refractivity contribution in [1.29, 1.82) is 0 Å². The van der Waals surface area contributed by atoms with Crippen molar-refractivity contribution in [3.63, 3.8) is 0 Å². The Labute approximate surface area is 117 Å². The quantitative estimate of drug-likeness (QED) is 0.715. The van der Waals surface area contributed by atoms with Crippen LogP contribution >= 0.6 is 0 Å². The zero-order chi connectivity index (χ0) is 13.2. The third-order valence-electron chi connectivity index (χ3n) is 6.11. The van der Waals surface area contributed by atoms with Gasteiger partial charge >= 0.3 is 0 Å². The number of hydrogen-bond acceptors (Lipinski definition) is 3. The van der Waals surface area contributed by atoms with E-state index in [2.05, 4.69) is 5.32 Å². The summed E-state index contributed by atoms with van der Waals surface area (Å²) in [5.74, 6) is 2.57. The standard InChI is InChI=1S/C16H30N2O/c17-16(12-7-9-18-10-8-12)15-13-4-2-1-3-11(13)5-6-14(15)19/h11-16,18-19H,1-10,17H2. The first-order chi connectivity index (χ1) is 9.27. The summed E-state index contributed by atoms with van der Waals surface area (Å²) in [6.07, 6.45) is 9.92. The molecule has 110 valence electrons. The van der Waals surface area contributed by atoms with E-state index in [1.807, 2.05) is 0 Å². The molecule has 3 rings (SSSR count). The Bertz CT molecular complexity index is 290. The van der Waals surface area contributed by atoms with E-state index in [4.69, 9.17) is 5.73 Å². The van der Waals surface area contributed by atoms with Gasteiger partial charge in [-0.25, -0.2) is 0 Å². The molecule has 2 saturated carbocycles. The van der Waals surface area contributed by atoms with Crippen molar-refractivity contribution < 1.29 is 5.11 Å². The Kier molecular flexibility index (Phi) is 4.45. The summed E-state index contributed by atoms with van der Waals surface area (Å²) in [7, 11) is 0. The van der Waals surface area contributed by atoms with E-state index in [-0.39, 0.29) is 12.1 Å². The minimum atomic E-state index is -0.135. The lowest BCUT2D eigenvalue weighted by molar-refractivity contribution is -0.0382. The van der Waals surface area contributed by atoms with Gasteiger partial charge in [-0.1, -0.05) is 19.3 Å². The van der Waals surface area contributed by atoms with Crippen LogP contribution in [0.15, 0.2) is 0 Å². The maximum atomic E-state index is 10.5. The van der Waals surface area contributed by atoms with Crippen LogP contribution in [0.2, 0.25) is 0 Å². The van der Waals surface area contributed by atoms with Gasteiger partial charge < -0.3 is 16.2 Å². The Morgan fingerprint density at radius 2 is 1.68 bits per heavy atom. The molecular formula is C16H30N2O. The van der Waals surface area contributed by atoms with E-state index in [0.29, 0.717) is 17.8 Å². The van der Waals surface area contributed by atoms with E-state index >= 15 is 0 Å². The van der Waals surface area contributed by atoms with E-state index in [9.17, 15) is 5.11 Å². The number of rotatable bonds is 2. The van der Waals surface area contributed by atoms with Gasteiger partial charge in [0.1, 0.15) is 0 Å². The lowest BCUT2D eigenvalue weighted by Crippen LogP contribution is -2.53. The molecule has 3 nitrogen and oxygen atoms in total. The number of nitrogens with two attached hydrogens (primary N) is 1. The van der Waals surface area contributed by atoms with Crippen LogP contribution < -0.4 is 11.1 Å². The van der Waals surface area contributed by atoms with Crippen LogP contribution in [-0.4, -0.2) is 30.3 Å². The van der Waals surface area contributed by atoms with Crippen molar-refractivity contribution >= 4 is 0 Å². The van der Waals surface area contributed by atoms with Crippen molar-refractivity contribution in [2.45, 2.75) is 63.5 Å². The van der Waals surface area contributed by atoms with E-state index in [0.717, 1.165) is 25.4 Å². The van der Waals surface area contributed by atoms with Crippen LogP contribution in [0, 0.1) is 23.7 Å². The zero-order valence-corrected chi connectivity index (χ0v) is 12.1. The Morgan fingerprint density at radius 1 is 0.947 bits per heavy atom. The second-order valence-electron chi connectivity index (χ2n) is 7.10. The fourth-order valence-electron chi connectivity index (χ4n) is 5.05. The largest absolute Gasteiger partial charge is 0.393 e. The Hall–Kier alpha value is -0.120. The maximum Gasteiger partial charge on any atom is 0.0586 e. The Balaban J connectivity index is 1.71. The predicted molar refractivity (Wildman–Crippen MR) is 77.7 cm³/mol. The molecule has 5 unspecified atom stereocenters. The smallest absolute Gasteiger partial charge is 0.0586 e. The molecule has 19 heavy (non-hydrogen) atoms. The normalized spacial score (nSPS) is 42.6. The van der Waals surface area contributed by atoms with Crippen LogP contribution in [0.4, 0.5) is 0 Å². The number of aliphatic hydroxyl groups is 1. The minimum Gasteiger partial charge on any atom is -0.393 e. The first-order valence-corrected chi connectivity index (χ1v) is 8.41. The molecule has 3 aliphatic rings. The molecule has 0 aromatic rings. The van der Waals surface area contributed by atoms with Crippen molar-refractivity contribution in [2.24, 2.45) is 29.4 Å². The average molecular weight is 266 g/mol. The molecule has 3 heteroatoms. The first-order valence-electron chi connectivity index (χ1n) is 8.41. The van der Waals surface area contributed by atoms with Gasteiger partial charge in [0.2, 0.25) is 0 Å². The van der Waals surface area contributed by atoms with Crippen molar-refractivity contribution in [3.8, 4) is 0 Å². The monoisotopic (exact) mass is 266 g/mol. The molecule has 0 aromatic carbocycles. The second-order valence-corrected chi connectivity index (χ2v) is 7.10. The lowest BCUT2D eigenvalue weighted by Gasteiger charge is -2.48. The maximum absolute atomic E-state index is 10.5. The Morgan fingerprint density at radius 3 is 2.47 bits per heavy atom. The highest BCUT2D eigenvalue weighted by Gasteiger charge is 2.44. The summed E-state index contributed by atoms with van der Waals surface area (Å²) in [6.45, 7) is 2.21. The van der Waals surface area contributed by atoms with Gasteiger partial charge in [0.15, 0.2) is 0 Å². The molecule has 1 heterocycles. The molecule has 5 atom stereocenters. The van der Waals surface area contributed by atoms with Gasteiger partial charge in [0, 0.05) is 12.0 Å². The van der Waals surface area contributed by atoms with Gasteiger partial charge in [-0.3, -0.25) is 0 Å². The van der Waals surface area contributed by atoms with Crippen LogP contribution in [0.5, 0.6) is 0 Å². The zero-order valence-electron chi connectivity index (χ0n) is 12.1. The molecule has 0 amide bonds. The molecule has 0 aromatic heterocycles. The topological polar surface area (TPSA) is 58.3 Å². The van der Waals surface area contributed by atoms with Gasteiger partial charge in [-0.2, -0.15) is 0 Å². The number of nitrogens with one attached hydrogen (secondary N) is 1. The molecule has 0 spiro atoms. The number of aliphatic hydroxyl groups excluding tert-OH is 1. The third kappa shape index (κ3) is 2.84. The summed E-state index contributed by atoms with van der Waals surface area (Å²) in [4.78, 5) is 0. The number of piperidine rings is 1. The van der Waals surface area contributed by atoms with E-state index < -0.39 is 0 Å². The van der Waals surface area contributed by atoms with Crippen LogP contribution in [0.25, 0.3) is 0 Å². The summed E-state index contributed by atoms with van der Waals surface area (Å²) in [6, 6.07) is 0.225.